The minimum atomic E-state index is 0.0458. The van der Waals surface area contributed by atoms with E-state index in [1.54, 1.807) is 12.6 Å². The Balaban J connectivity index is 2.95. The van der Waals surface area contributed by atoms with Crippen molar-refractivity contribution in [2.45, 2.75) is 26.3 Å². The van der Waals surface area contributed by atoms with Crippen molar-refractivity contribution >= 4 is 27.3 Å². The van der Waals surface area contributed by atoms with E-state index in [1.165, 1.54) is 0 Å². The Labute approximate surface area is 99.3 Å². The molecule has 0 amide bonds. The number of benzene rings is 1. The predicted molar refractivity (Wildman–Crippen MR) is 66.1 cm³/mol. The summed E-state index contributed by atoms with van der Waals surface area (Å²) >= 11 is 3.44. The highest BCUT2D eigenvalue weighted by Gasteiger charge is 2.14. The lowest BCUT2D eigenvalue weighted by Gasteiger charge is -2.22. The van der Waals surface area contributed by atoms with E-state index in [1.807, 2.05) is 18.2 Å². The quantitative estimate of drug-likeness (QED) is 0.656. The smallest absolute Gasteiger partial charge is 0.186 e. The first-order valence-electron chi connectivity index (χ1n) is 4.86. The summed E-state index contributed by atoms with van der Waals surface area (Å²) < 4.78 is 1.05. The molecule has 4 heteroatoms. The molecule has 0 heterocycles. The van der Waals surface area contributed by atoms with Crippen LogP contribution in [0.15, 0.2) is 22.7 Å². The third-order valence-corrected chi connectivity index (χ3v) is 2.26. The van der Waals surface area contributed by atoms with Gasteiger partial charge < -0.3 is 5.32 Å². The molecular formula is C11H18BrN2O+. The van der Waals surface area contributed by atoms with E-state index >= 15 is 0 Å². The van der Waals surface area contributed by atoms with Gasteiger partial charge in [-0.2, -0.15) is 5.48 Å². The van der Waals surface area contributed by atoms with Gasteiger partial charge in [-0.05, 0) is 32.9 Å². The number of nitrogens with one attached hydrogen (secondary N) is 1. The summed E-state index contributed by atoms with van der Waals surface area (Å²) in [5.41, 5.74) is 3.90. The first-order chi connectivity index (χ1) is 6.92. The number of quaternary nitrogens is 1. The standard InChI is InChI=1S/C11H17BrN2O/c1-11(2,3)13-9-6-5-8(12)7-10(9)14-15-4/h5-7,13-14H,1-4H3/p+1. The lowest BCUT2D eigenvalue weighted by Crippen LogP contribution is -2.76. The molecule has 1 rings (SSSR count). The highest BCUT2D eigenvalue weighted by molar-refractivity contribution is 9.10. The minimum Gasteiger partial charge on any atom is -0.376 e. The molecule has 0 aliphatic carbocycles. The average molecular weight is 274 g/mol. The van der Waals surface area contributed by atoms with Crippen LogP contribution >= 0.6 is 15.9 Å². The fraction of sp³-hybridized carbons (Fsp3) is 0.455. The third-order valence-electron chi connectivity index (χ3n) is 1.77. The number of nitrogens with two attached hydrogens (primary N) is 1. The van der Waals surface area contributed by atoms with Crippen molar-refractivity contribution in [3.63, 3.8) is 0 Å². The Morgan fingerprint density at radius 1 is 1.33 bits per heavy atom. The summed E-state index contributed by atoms with van der Waals surface area (Å²) in [5.74, 6) is 0. The van der Waals surface area contributed by atoms with Gasteiger partial charge in [-0.3, -0.25) is 0 Å². The van der Waals surface area contributed by atoms with E-state index in [0.717, 1.165) is 15.8 Å². The molecule has 3 N–H and O–H groups in total. The molecular weight excluding hydrogens is 256 g/mol. The molecule has 0 saturated heterocycles. The molecule has 0 saturated carbocycles. The van der Waals surface area contributed by atoms with E-state index in [0.29, 0.717) is 0 Å². The molecule has 1 aromatic carbocycles. The number of rotatable bonds is 3. The maximum absolute atomic E-state index is 5.05. The van der Waals surface area contributed by atoms with Crippen LogP contribution in [0.3, 0.4) is 0 Å². The number of halogens is 1. The zero-order valence-corrected chi connectivity index (χ0v) is 11.2. The summed E-state index contributed by atoms with van der Waals surface area (Å²) in [6.07, 6.45) is 0. The van der Waals surface area contributed by atoms with E-state index in [4.69, 9.17) is 4.84 Å². The molecule has 0 radical (unpaired) electrons. The molecule has 1 aromatic rings. The van der Waals surface area contributed by atoms with Crippen LogP contribution in [0, 0.1) is 0 Å². The predicted octanol–water partition coefficient (Wildman–Crippen LogP) is 2.42. The first kappa shape index (κ1) is 12.5. The van der Waals surface area contributed by atoms with E-state index in [2.05, 4.69) is 42.0 Å². The Kier molecular flexibility index (Phi) is 4.13. The largest absolute Gasteiger partial charge is 0.376 e. The molecule has 0 aliphatic rings. The number of anilines is 1. The molecule has 0 aromatic heterocycles. The van der Waals surface area contributed by atoms with E-state index < -0.39 is 0 Å². The van der Waals surface area contributed by atoms with E-state index in [9.17, 15) is 0 Å². The maximum atomic E-state index is 5.05. The van der Waals surface area contributed by atoms with Gasteiger partial charge in [-0.25, -0.2) is 4.84 Å². The second-order valence-corrected chi connectivity index (χ2v) is 5.38. The summed E-state index contributed by atoms with van der Waals surface area (Å²) in [4.78, 5) is 5.05. The van der Waals surface area contributed by atoms with Crippen molar-refractivity contribution in [3.8, 4) is 0 Å². The summed E-state index contributed by atoms with van der Waals surface area (Å²) in [6.45, 7) is 6.39. The highest BCUT2D eigenvalue weighted by Crippen LogP contribution is 2.24. The molecule has 0 bridgehead atoms. The molecule has 0 aliphatic heterocycles. The van der Waals surface area contributed by atoms with Gasteiger partial charge in [-0.1, -0.05) is 15.9 Å². The topological polar surface area (TPSA) is 37.9 Å². The van der Waals surface area contributed by atoms with Crippen molar-refractivity contribution in [1.82, 2.24) is 0 Å². The van der Waals surface area contributed by atoms with Gasteiger partial charge in [0.2, 0.25) is 0 Å². The molecule has 15 heavy (non-hydrogen) atoms. The normalized spacial score (nSPS) is 11.5. The second kappa shape index (κ2) is 4.96. The molecule has 84 valence electrons. The van der Waals surface area contributed by atoms with Crippen LogP contribution in [-0.2, 0) is 4.84 Å². The Hall–Kier alpha value is -0.580. The second-order valence-electron chi connectivity index (χ2n) is 4.46. The van der Waals surface area contributed by atoms with Crippen molar-refractivity contribution in [2.24, 2.45) is 0 Å². The van der Waals surface area contributed by atoms with Crippen LogP contribution < -0.4 is 10.8 Å². The Morgan fingerprint density at radius 2 is 2.00 bits per heavy atom. The van der Waals surface area contributed by atoms with Crippen LogP contribution in [0.25, 0.3) is 0 Å². The molecule has 0 atom stereocenters. The fourth-order valence-electron chi connectivity index (χ4n) is 1.28. The minimum absolute atomic E-state index is 0.0458. The van der Waals surface area contributed by atoms with Gasteiger partial charge in [0.1, 0.15) is 0 Å². The summed E-state index contributed by atoms with van der Waals surface area (Å²) in [6, 6.07) is 6.08. The van der Waals surface area contributed by atoms with Crippen molar-refractivity contribution < 1.29 is 10.3 Å². The van der Waals surface area contributed by atoms with Gasteiger partial charge in [-0.15, -0.1) is 0 Å². The van der Waals surface area contributed by atoms with Gasteiger partial charge in [0.15, 0.2) is 5.69 Å². The summed E-state index contributed by atoms with van der Waals surface area (Å²) in [7, 11) is 1.65. The van der Waals surface area contributed by atoms with Crippen molar-refractivity contribution in [2.75, 3.05) is 12.4 Å². The Bertz CT molecular complexity index is 334. The maximum Gasteiger partial charge on any atom is 0.186 e. The zero-order valence-electron chi connectivity index (χ0n) is 9.60. The lowest BCUT2D eigenvalue weighted by atomic mass is 10.1. The van der Waals surface area contributed by atoms with Crippen LogP contribution in [0.4, 0.5) is 11.4 Å². The fourth-order valence-corrected chi connectivity index (χ4v) is 1.65. The van der Waals surface area contributed by atoms with Crippen LogP contribution in [-0.4, -0.2) is 12.6 Å². The van der Waals surface area contributed by atoms with Crippen LogP contribution in [0.2, 0.25) is 0 Å². The SMILES string of the molecule is CO[NH2+]c1cc(Br)ccc1NC(C)(C)C. The van der Waals surface area contributed by atoms with Crippen molar-refractivity contribution in [1.29, 1.82) is 0 Å². The van der Waals surface area contributed by atoms with Gasteiger partial charge in [0.25, 0.3) is 0 Å². The molecule has 0 fully saturated rings. The van der Waals surface area contributed by atoms with Gasteiger partial charge >= 0.3 is 0 Å². The summed E-state index contributed by atoms with van der Waals surface area (Å²) in [5, 5.41) is 3.43. The molecule has 0 unspecified atom stereocenters. The van der Waals surface area contributed by atoms with Crippen LogP contribution in [0.5, 0.6) is 0 Å². The van der Waals surface area contributed by atoms with E-state index in [-0.39, 0.29) is 5.54 Å². The zero-order chi connectivity index (χ0) is 11.5. The van der Waals surface area contributed by atoms with Gasteiger partial charge in [0, 0.05) is 16.1 Å². The highest BCUT2D eigenvalue weighted by atomic mass is 79.9. The number of hydrogen-bond acceptors (Lipinski definition) is 2. The van der Waals surface area contributed by atoms with Crippen LogP contribution in [0.1, 0.15) is 20.8 Å². The Morgan fingerprint density at radius 3 is 2.53 bits per heavy atom. The average Bonchev–Trinajstić information content (AvgIpc) is 2.08. The first-order valence-corrected chi connectivity index (χ1v) is 5.65. The third kappa shape index (κ3) is 4.20. The molecule has 3 nitrogen and oxygen atoms in total. The van der Waals surface area contributed by atoms with Gasteiger partial charge in [0.05, 0.1) is 12.8 Å². The number of hydrogen-bond donors (Lipinski definition) is 2. The van der Waals surface area contributed by atoms with Crippen molar-refractivity contribution in [3.05, 3.63) is 22.7 Å². The monoisotopic (exact) mass is 273 g/mol. The molecule has 0 spiro atoms. The lowest BCUT2D eigenvalue weighted by molar-refractivity contribution is -0.829.